The second-order valence-corrected chi connectivity index (χ2v) is 8.43. The predicted molar refractivity (Wildman–Crippen MR) is 90.5 cm³/mol. The van der Waals surface area contributed by atoms with Gasteiger partial charge in [0, 0.05) is 5.54 Å². The fraction of sp³-hybridized carbons (Fsp3) is 0.632. The summed E-state index contributed by atoms with van der Waals surface area (Å²) >= 11 is 5.98. The number of rotatable bonds is 4. The molecule has 0 spiro atoms. The van der Waals surface area contributed by atoms with Gasteiger partial charge in [-0.05, 0) is 81.4 Å². The lowest BCUT2D eigenvalue weighted by Crippen LogP contribution is -2.61. The first-order valence-electron chi connectivity index (χ1n) is 8.86. The number of hydrogen-bond donors (Lipinski definition) is 1. The van der Waals surface area contributed by atoms with E-state index in [4.69, 9.17) is 16.3 Å². The molecule has 130 valence electrons. The second kappa shape index (κ2) is 5.91. The molecule has 5 rings (SSSR count). The molecule has 5 heteroatoms. The molecule has 1 N–H and O–H groups in total. The van der Waals surface area contributed by atoms with Gasteiger partial charge in [-0.1, -0.05) is 11.6 Å². The number of nitrogens with one attached hydrogen (secondary N) is 1. The van der Waals surface area contributed by atoms with Crippen LogP contribution < -0.4 is 10.1 Å². The zero-order chi connectivity index (χ0) is 16.9. The van der Waals surface area contributed by atoms with Crippen LogP contribution >= 0.6 is 11.6 Å². The summed E-state index contributed by atoms with van der Waals surface area (Å²) < 4.78 is 18.8. The fourth-order valence-electron chi connectivity index (χ4n) is 5.44. The Hall–Kier alpha value is -1.29. The molecule has 4 aliphatic rings. The molecule has 0 saturated heterocycles. The van der Waals surface area contributed by atoms with Gasteiger partial charge >= 0.3 is 0 Å². The topological polar surface area (TPSA) is 38.3 Å². The van der Waals surface area contributed by atoms with Crippen LogP contribution in [0.4, 0.5) is 4.39 Å². The number of hydrogen-bond acceptors (Lipinski definition) is 2. The first-order valence-corrected chi connectivity index (χ1v) is 9.24. The van der Waals surface area contributed by atoms with E-state index in [0.29, 0.717) is 5.75 Å². The van der Waals surface area contributed by atoms with E-state index in [9.17, 15) is 9.18 Å². The summed E-state index contributed by atoms with van der Waals surface area (Å²) in [6.45, 7) is 1.72. The highest BCUT2D eigenvalue weighted by molar-refractivity contribution is 6.32. The monoisotopic (exact) mass is 351 g/mol. The minimum atomic E-state index is -0.652. The summed E-state index contributed by atoms with van der Waals surface area (Å²) in [5.41, 5.74) is -0.0317. The molecular formula is C19H23ClFNO2. The third-order valence-electron chi connectivity index (χ3n) is 5.99. The number of carbonyl (C=O) groups excluding carboxylic acids is 1. The zero-order valence-corrected chi connectivity index (χ0v) is 14.6. The molecule has 1 amide bonds. The molecule has 4 aliphatic carbocycles. The molecule has 4 bridgehead atoms. The van der Waals surface area contributed by atoms with Crippen LogP contribution in [0.5, 0.6) is 5.75 Å². The van der Waals surface area contributed by atoms with Crippen molar-refractivity contribution in [3.05, 3.63) is 29.0 Å². The molecule has 0 radical (unpaired) electrons. The maximum absolute atomic E-state index is 13.1. The number of ether oxygens (including phenoxy) is 1. The largest absolute Gasteiger partial charge is 0.479 e. The third-order valence-corrected chi connectivity index (χ3v) is 6.29. The Labute approximate surface area is 146 Å². The fourth-order valence-corrected chi connectivity index (χ4v) is 5.65. The van der Waals surface area contributed by atoms with Crippen molar-refractivity contribution in [3.8, 4) is 5.75 Å². The second-order valence-electron chi connectivity index (χ2n) is 8.02. The van der Waals surface area contributed by atoms with Crippen LogP contribution in [0.2, 0.25) is 5.02 Å². The highest BCUT2D eigenvalue weighted by atomic mass is 35.5. The van der Waals surface area contributed by atoms with E-state index >= 15 is 0 Å². The number of carbonyl (C=O) groups is 1. The van der Waals surface area contributed by atoms with Gasteiger partial charge in [0.1, 0.15) is 11.6 Å². The standard InChI is InChI=1S/C19H23ClFNO2/c1-11(24-17-3-2-15(21)7-16(17)20)18(23)22-19-8-12-4-13(9-19)6-14(5-12)10-19/h2-3,7,11-14H,4-6,8-10H2,1H3,(H,22,23)/t11-,12?,13?,14?,19?/m0/s1. The first-order chi connectivity index (χ1) is 11.4. The molecule has 1 atom stereocenters. The normalized spacial score (nSPS) is 34.9. The molecule has 0 heterocycles. The average Bonchev–Trinajstić information content (AvgIpc) is 2.48. The van der Waals surface area contributed by atoms with Gasteiger partial charge in [0.25, 0.3) is 5.91 Å². The molecule has 0 unspecified atom stereocenters. The summed E-state index contributed by atoms with van der Waals surface area (Å²) in [4.78, 5) is 12.7. The molecular weight excluding hydrogens is 329 g/mol. The maximum Gasteiger partial charge on any atom is 0.261 e. The Balaban J connectivity index is 1.42. The molecule has 4 fully saturated rings. The van der Waals surface area contributed by atoms with Gasteiger partial charge in [-0.3, -0.25) is 4.79 Å². The lowest BCUT2D eigenvalue weighted by atomic mass is 9.53. The van der Waals surface area contributed by atoms with Gasteiger partial charge in [0.15, 0.2) is 6.10 Å². The van der Waals surface area contributed by atoms with Crippen molar-refractivity contribution >= 4 is 17.5 Å². The van der Waals surface area contributed by atoms with Gasteiger partial charge in [-0.25, -0.2) is 4.39 Å². The Kier molecular flexibility index (Phi) is 3.98. The molecule has 4 saturated carbocycles. The smallest absolute Gasteiger partial charge is 0.261 e. The molecule has 0 aliphatic heterocycles. The molecule has 1 aromatic rings. The summed E-state index contributed by atoms with van der Waals surface area (Å²) in [6.07, 6.45) is 6.68. The zero-order valence-electron chi connectivity index (χ0n) is 13.9. The van der Waals surface area contributed by atoms with Crippen LogP contribution in [0.15, 0.2) is 18.2 Å². The van der Waals surface area contributed by atoms with Crippen molar-refractivity contribution in [2.75, 3.05) is 0 Å². The van der Waals surface area contributed by atoms with E-state index in [2.05, 4.69) is 5.32 Å². The van der Waals surface area contributed by atoms with E-state index < -0.39 is 11.9 Å². The van der Waals surface area contributed by atoms with Crippen LogP contribution in [0.1, 0.15) is 45.4 Å². The summed E-state index contributed by atoms with van der Waals surface area (Å²) in [5.74, 6) is 2.15. The minimum absolute atomic E-state index is 0.0317. The molecule has 24 heavy (non-hydrogen) atoms. The van der Waals surface area contributed by atoms with E-state index in [1.165, 1.54) is 37.5 Å². The van der Waals surface area contributed by atoms with Gasteiger partial charge in [0.2, 0.25) is 0 Å². The van der Waals surface area contributed by atoms with Crippen LogP contribution in [-0.2, 0) is 4.79 Å². The highest BCUT2D eigenvalue weighted by Gasteiger charge is 2.51. The quantitative estimate of drug-likeness (QED) is 0.876. The first kappa shape index (κ1) is 16.2. The van der Waals surface area contributed by atoms with Gasteiger partial charge in [-0.2, -0.15) is 0 Å². The van der Waals surface area contributed by atoms with Crippen LogP contribution in [0.3, 0.4) is 0 Å². The van der Waals surface area contributed by atoms with Gasteiger partial charge < -0.3 is 10.1 Å². The van der Waals surface area contributed by atoms with Crippen molar-refractivity contribution in [1.29, 1.82) is 0 Å². The Morgan fingerprint density at radius 1 is 1.25 bits per heavy atom. The Morgan fingerprint density at radius 2 is 1.83 bits per heavy atom. The molecule has 3 nitrogen and oxygen atoms in total. The van der Waals surface area contributed by atoms with Crippen LogP contribution in [0, 0.1) is 23.6 Å². The maximum atomic E-state index is 13.1. The average molecular weight is 352 g/mol. The summed E-state index contributed by atoms with van der Waals surface area (Å²) in [6, 6.07) is 3.94. The van der Waals surface area contributed by atoms with Gasteiger partial charge in [-0.15, -0.1) is 0 Å². The molecule has 1 aromatic carbocycles. The summed E-state index contributed by atoms with van der Waals surface area (Å²) in [5, 5.41) is 3.48. The SMILES string of the molecule is C[C@H](Oc1ccc(F)cc1Cl)C(=O)NC12CC3CC(CC(C3)C1)C2. The number of halogens is 2. The van der Waals surface area contributed by atoms with Crippen molar-refractivity contribution < 1.29 is 13.9 Å². The Morgan fingerprint density at radius 3 is 2.38 bits per heavy atom. The van der Waals surface area contributed by atoms with Crippen molar-refractivity contribution in [3.63, 3.8) is 0 Å². The number of amides is 1. The lowest BCUT2D eigenvalue weighted by molar-refractivity contribution is -0.133. The minimum Gasteiger partial charge on any atom is -0.479 e. The van der Waals surface area contributed by atoms with Crippen LogP contribution in [0.25, 0.3) is 0 Å². The van der Waals surface area contributed by atoms with E-state index in [1.54, 1.807) is 6.92 Å². The summed E-state index contributed by atoms with van der Waals surface area (Å²) in [7, 11) is 0. The Bertz CT molecular complexity index is 627. The van der Waals surface area contributed by atoms with Crippen molar-refractivity contribution in [1.82, 2.24) is 5.32 Å². The van der Waals surface area contributed by atoms with Crippen molar-refractivity contribution in [2.45, 2.75) is 57.1 Å². The van der Waals surface area contributed by atoms with Crippen LogP contribution in [-0.4, -0.2) is 17.6 Å². The highest BCUT2D eigenvalue weighted by Crippen LogP contribution is 2.55. The van der Waals surface area contributed by atoms with Crippen molar-refractivity contribution in [2.24, 2.45) is 17.8 Å². The predicted octanol–water partition coefficient (Wildman–Crippen LogP) is 4.33. The third kappa shape index (κ3) is 3.01. The lowest BCUT2D eigenvalue weighted by Gasteiger charge is -2.57. The van der Waals surface area contributed by atoms with E-state index in [1.807, 2.05) is 0 Å². The van der Waals surface area contributed by atoms with E-state index in [-0.39, 0.29) is 16.5 Å². The van der Waals surface area contributed by atoms with Gasteiger partial charge in [0.05, 0.1) is 5.02 Å². The van der Waals surface area contributed by atoms with E-state index in [0.717, 1.165) is 37.0 Å². The molecule has 0 aromatic heterocycles. The number of benzene rings is 1.